The Labute approximate surface area is 146 Å². The molecule has 0 bridgehead atoms. The molecular formula is C21H20NOS+. The fourth-order valence-corrected chi connectivity index (χ4v) is 4.56. The van der Waals surface area contributed by atoms with Crippen molar-refractivity contribution in [3.05, 3.63) is 77.4 Å². The number of para-hydroxylation sites is 1. The van der Waals surface area contributed by atoms with Gasteiger partial charge in [-0.3, -0.25) is 0 Å². The monoisotopic (exact) mass is 334 g/mol. The molecule has 2 aromatic rings. The summed E-state index contributed by atoms with van der Waals surface area (Å²) in [5.74, 6) is 0.912. The molecule has 0 aromatic heterocycles. The second-order valence-corrected chi connectivity index (χ2v) is 6.91. The Morgan fingerprint density at radius 3 is 2.79 bits per heavy atom. The lowest BCUT2D eigenvalue weighted by molar-refractivity contribution is -0.539. The quantitative estimate of drug-likeness (QED) is 0.843. The molecule has 1 heterocycles. The summed E-state index contributed by atoms with van der Waals surface area (Å²) in [6.07, 6.45) is 7.61. The largest absolute Gasteiger partial charge is 0.497 e. The molecule has 120 valence electrons. The van der Waals surface area contributed by atoms with Gasteiger partial charge >= 0.3 is 0 Å². The van der Waals surface area contributed by atoms with Crippen LogP contribution >= 0.6 is 11.8 Å². The van der Waals surface area contributed by atoms with Gasteiger partial charge in [-0.1, -0.05) is 42.1 Å². The fraction of sp³-hybridized carbons (Fsp3) is 0.143. The first-order valence-electron chi connectivity index (χ1n) is 8.17. The molecular weight excluding hydrogens is 314 g/mol. The smallest absolute Gasteiger partial charge is 0.137 e. The molecule has 0 atom stereocenters. The van der Waals surface area contributed by atoms with Gasteiger partial charge in [-0.25, -0.2) is 0 Å². The lowest BCUT2D eigenvalue weighted by atomic mass is 9.89. The predicted octanol–water partition coefficient (Wildman–Crippen LogP) is 4.38. The second-order valence-electron chi connectivity index (χ2n) is 5.86. The van der Waals surface area contributed by atoms with Gasteiger partial charge in [-0.15, -0.1) is 0 Å². The molecule has 2 aliphatic rings. The van der Waals surface area contributed by atoms with Gasteiger partial charge in [-0.2, -0.15) is 0 Å². The highest BCUT2D eigenvalue weighted by atomic mass is 32.2. The van der Waals surface area contributed by atoms with Crippen molar-refractivity contribution in [3.8, 4) is 5.75 Å². The highest BCUT2D eigenvalue weighted by Crippen LogP contribution is 2.52. The Morgan fingerprint density at radius 2 is 1.96 bits per heavy atom. The van der Waals surface area contributed by atoms with Crippen molar-refractivity contribution >= 4 is 27.9 Å². The van der Waals surface area contributed by atoms with E-state index in [1.165, 1.54) is 37.8 Å². The van der Waals surface area contributed by atoms with E-state index in [9.17, 15) is 0 Å². The maximum absolute atomic E-state index is 5.43. The van der Waals surface area contributed by atoms with Crippen LogP contribution in [-0.2, 0) is 0 Å². The Morgan fingerprint density at radius 1 is 1.08 bits per heavy atom. The van der Waals surface area contributed by atoms with Gasteiger partial charge < -0.3 is 10.1 Å². The number of ether oxygens (including phenoxy) is 1. The van der Waals surface area contributed by atoms with Crippen LogP contribution in [0.15, 0.2) is 71.2 Å². The van der Waals surface area contributed by atoms with E-state index in [1.807, 2.05) is 17.8 Å². The zero-order valence-corrected chi connectivity index (χ0v) is 14.7. The predicted molar refractivity (Wildman–Crippen MR) is 101 cm³/mol. The van der Waals surface area contributed by atoms with Crippen molar-refractivity contribution in [2.45, 2.75) is 11.3 Å². The number of hydrogen-bond acceptors (Lipinski definition) is 2. The van der Waals surface area contributed by atoms with Crippen molar-refractivity contribution in [2.75, 3.05) is 14.2 Å². The normalized spacial score (nSPS) is 15.7. The Balaban J connectivity index is 1.92. The molecule has 1 aliphatic heterocycles. The molecule has 24 heavy (non-hydrogen) atoms. The first-order valence-corrected chi connectivity index (χ1v) is 8.99. The van der Waals surface area contributed by atoms with E-state index < -0.39 is 0 Å². The Hall–Kier alpha value is -2.23. The molecule has 2 aromatic carbocycles. The number of nitrogens with two attached hydrogens (primary N) is 1. The zero-order chi connectivity index (χ0) is 16.5. The van der Waals surface area contributed by atoms with Crippen molar-refractivity contribution in [1.82, 2.24) is 0 Å². The van der Waals surface area contributed by atoms with E-state index in [0.717, 1.165) is 12.2 Å². The SMILES string of the molecule is C[NH2+]c1ccccc1C1=C2CC=CC=C2c2cc(OC)ccc2S1. The maximum atomic E-state index is 5.43. The Kier molecular flexibility index (Phi) is 4.05. The van der Waals surface area contributed by atoms with Crippen LogP contribution in [0.5, 0.6) is 5.75 Å². The van der Waals surface area contributed by atoms with Crippen molar-refractivity contribution in [1.29, 1.82) is 0 Å². The summed E-state index contributed by atoms with van der Waals surface area (Å²) in [6.45, 7) is 0. The van der Waals surface area contributed by atoms with Crippen molar-refractivity contribution in [2.24, 2.45) is 0 Å². The molecule has 2 nitrogen and oxygen atoms in total. The summed E-state index contributed by atoms with van der Waals surface area (Å²) in [5, 5.41) is 2.19. The van der Waals surface area contributed by atoms with Crippen LogP contribution in [0.2, 0.25) is 0 Å². The highest BCUT2D eigenvalue weighted by molar-refractivity contribution is 8.08. The molecule has 0 saturated heterocycles. The van der Waals surface area contributed by atoms with Gasteiger partial charge in [0.15, 0.2) is 0 Å². The van der Waals surface area contributed by atoms with Crippen molar-refractivity contribution < 1.29 is 10.1 Å². The minimum Gasteiger partial charge on any atom is -0.497 e. The van der Waals surface area contributed by atoms with Gasteiger partial charge in [0.2, 0.25) is 0 Å². The number of quaternary nitrogens is 1. The van der Waals surface area contributed by atoms with Crippen LogP contribution < -0.4 is 10.1 Å². The number of allylic oxidation sites excluding steroid dienone is 5. The van der Waals surface area contributed by atoms with Crippen LogP contribution in [0.1, 0.15) is 17.5 Å². The third kappa shape index (κ3) is 2.50. The van der Waals surface area contributed by atoms with Gasteiger partial charge in [0.1, 0.15) is 11.4 Å². The average molecular weight is 334 g/mol. The highest BCUT2D eigenvalue weighted by Gasteiger charge is 2.27. The molecule has 0 saturated carbocycles. The van der Waals surface area contributed by atoms with Crippen LogP contribution in [0.3, 0.4) is 0 Å². The van der Waals surface area contributed by atoms with E-state index in [0.29, 0.717) is 0 Å². The molecule has 2 N–H and O–H groups in total. The van der Waals surface area contributed by atoms with Crippen LogP contribution in [-0.4, -0.2) is 14.2 Å². The van der Waals surface area contributed by atoms with Gasteiger partial charge in [-0.05, 0) is 53.5 Å². The van der Waals surface area contributed by atoms with Crippen molar-refractivity contribution in [3.63, 3.8) is 0 Å². The fourth-order valence-electron chi connectivity index (χ4n) is 3.31. The first-order chi connectivity index (χ1) is 11.8. The number of rotatable bonds is 3. The maximum Gasteiger partial charge on any atom is 0.137 e. The topological polar surface area (TPSA) is 25.8 Å². The van der Waals surface area contributed by atoms with E-state index in [1.54, 1.807) is 7.11 Å². The summed E-state index contributed by atoms with van der Waals surface area (Å²) in [4.78, 5) is 2.67. The lowest BCUT2D eigenvalue weighted by Crippen LogP contribution is -2.73. The van der Waals surface area contributed by atoms with Gasteiger partial charge in [0, 0.05) is 15.4 Å². The number of thioether (sulfide) groups is 1. The average Bonchev–Trinajstić information content (AvgIpc) is 2.67. The van der Waals surface area contributed by atoms with Crippen LogP contribution in [0.4, 0.5) is 5.69 Å². The number of methoxy groups -OCH3 is 1. The minimum absolute atomic E-state index is 0.912. The number of benzene rings is 2. The van der Waals surface area contributed by atoms with Crippen LogP contribution in [0, 0.1) is 0 Å². The summed E-state index contributed by atoms with van der Waals surface area (Å²) in [6, 6.07) is 15.0. The third-order valence-electron chi connectivity index (χ3n) is 4.53. The lowest BCUT2D eigenvalue weighted by Gasteiger charge is -2.27. The molecule has 4 rings (SSSR count). The third-order valence-corrected chi connectivity index (χ3v) is 5.77. The summed E-state index contributed by atoms with van der Waals surface area (Å²) < 4.78 is 5.43. The van der Waals surface area contributed by atoms with E-state index in [4.69, 9.17) is 4.74 Å². The molecule has 3 heteroatoms. The molecule has 0 amide bonds. The Bertz CT molecular complexity index is 892. The molecule has 1 aliphatic carbocycles. The minimum atomic E-state index is 0.912. The van der Waals surface area contributed by atoms with E-state index in [2.05, 4.69) is 67.0 Å². The second kappa shape index (κ2) is 6.34. The van der Waals surface area contributed by atoms with Crippen LogP contribution in [0.25, 0.3) is 10.5 Å². The summed E-state index contributed by atoms with van der Waals surface area (Å²) in [5.41, 5.74) is 6.63. The standard InChI is InChI=1S/C21H19NOS/c1-22-19-10-6-5-9-17(19)21-16-8-4-3-7-15(16)18-13-14(23-2)11-12-20(18)24-21/h3-7,9-13,22H,8H2,1-2H3/p+1. The summed E-state index contributed by atoms with van der Waals surface area (Å²) >= 11 is 1.87. The molecule has 0 radical (unpaired) electrons. The molecule has 0 fully saturated rings. The first kappa shape index (κ1) is 15.3. The van der Waals surface area contributed by atoms with E-state index >= 15 is 0 Å². The molecule has 0 spiro atoms. The summed E-state index contributed by atoms with van der Waals surface area (Å²) in [7, 11) is 3.83. The molecule has 0 unspecified atom stereocenters. The van der Waals surface area contributed by atoms with Gasteiger partial charge in [0.05, 0.1) is 14.2 Å². The number of fused-ring (bicyclic) bond motifs is 3. The van der Waals surface area contributed by atoms with Gasteiger partial charge in [0.25, 0.3) is 0 Å². The number of hydrogen-bond donors (Lipinski definition) is 1. The zero-order valence-electron chi connectivity index (χ0n) is 13.9. The van der Waals surface area contributed by atoms with E-state index in [-0.39, 0.29) is 0 Å².